The molecule has 0 aliphatic heterocycles. The second kappa shape index (κ2) is 3.71. The summed E-state index contributed by atoms with van der Waals surface area (Å²) >= 11 is 1.57. The van der Waals surface area contributed by atoms with Crippen molar-refractivity contribution in [2.75, 3.05) is 0 Å². The van der Waals surface area contributed by atoms with Gasteiger partial charge in [0.2, 0.25) is 0 Å². The predicted octanol–water partition coefficient (Wildman–Crippen LogP) is 3.04. The number of rotatable bonds is 2. The third-order valence-electron chi connectivity index (χ3n) is 1.95. The fraction of sp³-hybridized carbons (Fsp3) is 0.182. The van der Waals surface area contributed by atoms with Gasteiger partial charge in [0, 0.05) is 17.5 Å². The molecule has 0 fully saturated rings. The summed E-state index contributed by atoms with van der Waals surface area (Å²) in [6.45, 7) is 2.12. The van der Waals surface area contributed by atoms with Gasteiger partial charge in [-0.05, 0) is 30.1 Å². The van der Waals surface area contributed by atoms with E-state index in [0.29, 0.717) is 0 Å². The van der Waals surface area contributed by atoms with Crippen molar-refractivity contribution in [2.24, 2.45) is 0 Å². The first-order chi connectivity index (χ1) is 6.34. The molecule has 0 radical (unpaired) electrons. The molecule has 0 spiro atoms. The molecule has 66 valence electrons. The van der Waals surface area contributed by atoms with Crippen LogP contribution in [0.5, 0.6) is 0 Å². The lowest BCUT2D eigenvalue weighted by Crippen LogP contribution is -1.84. The quantitative estimate of drug-likeness (QED) is 0.707. The van der Waals surface area contributed by atoms with E-state index in [1.165, 1.54) is 16.0 Å². The summed E-state index contributed by atoms with van der Waals surface area (Å²) < 4.78 is 4.08. The van der Waals surface area contributed by atoms with Crippen molar-refractivity contribution in [3.63, 3.8) is 0 Å². The molecular weight excluding hydrogens is 178 g/mol. The maximum atomic E-state index is 4.08. The van der Waals surface area contributed by atoms with E-state index in [4.69, 9.17) is 0 Å². The van der Waals surface area contributed by atoms with Gasteiger partial charge in [-0.25, -0.2) is 4.37 Å². The summed E-state index contributed by atoms with van der Waals surface area (Å²) in [5, 5.41) is 0. The van der Waals surface area contributed by atoms with Gasteiger partial charge in [0.25, 0.3) is 0 Å². The fourth-order valence-electron chi connectivity index (χ4n) is 1.36. The van der Waals surface area contributed by atoms with Crippen molar-refractivity contribution in [1.82, 2.24) is 4.37 Å². The smallest absolute Gasteiger partial charge is 0.0409 e. The van der Waals surface area contributed by atoms with Gasteiger partial charge in [0.15, 0.2) is 0 Å². The van der Waals surface area contributed by atoms with Gasteiger partial charge in [-0.2, -0.15) is 0 Å². The Morgan fingerprint density at radius 2 is 2.23 bits per heavy atom. The second-order valence-corrected chi connectivity index (χ2v) is 4.06. The topological polar surface area (TPSA) is 12.9 Å². The summed E-state index contributed by atoms with van der Waals surface area (Å²) in [7, 11) is 0. The number of aryl methyl sites for hydroxylation is 1. The fourth-order valence-corrected chi connectivity index (χ4v) is 1.97. The van der Waals surface area contributed by atoms with E-state index in [-0.39, 0.29) is 0 Å². The number of hydrogen-bond acceptors (Lipinski definition) is 2. The number of nitrogens with zero attached hydrogens (tertiary/aromatic N) is 1. The van der Waals surface area contributed by atoms with E-state index in [0.717, 1.165) is 6.42 Å². The molecule has 0 unspecified atom stereocenters. The molecule has 2 rings (SSSR count). The van der Waals surface area contributed by atoms with Crippen LogP contribution in [0.1, 0.15) is 16.0 Å². The molecule has 2 heteroatoms. The zero-order chi connectivity index (χ0) is 9.10. The Kier molecular flexibility index (Phi) is 2.41. The molecule has 0 saturated heterocycles. The zero-order valence-corrected chi connectivity index (χ0v) is 8.34. The van der Waals surface area contributed by atoms with Crippen LogP contribution in [0.25, 0.3) is 0 Å². The average Bonchev–Trinajstić information content (AvgIpc) is 2.57. The van der Waals surface area contributed by atoms with Crippen molar-refractivity contribution in [3.8, 4) is 0 Å². The minimum Gasteiger partial charge on any atom is -0.201 e. The molecule has 0 amide bonds. The Balaban J connectivity index is 2.19. The first kappa shape index (κ1) is 8.45. The maximum absolute atomic E-state index is 4.08. The number of benzene rings is 1. The number of aromatic nitrogens is 1. The van der Waals surface area contributed by atoms with Gasteiger partial charge in [0.1, 0.15) is 0 Å². The van der Waals surface area contributed by atoms with Crippen molar-refractivity contribution < 1.29 is 0 Å². The highest BCUT2D eigenvalue weighted by Crippen LogP contribution is 2.13. The highest BCUT2D eigenvalue weighted by molar-refractivity contribution is 7.05. The predicted molar refractivity (Wildman–Crippen MR) is 56.1 cm³/mol. The van der Waals surface area contributed by atoms with E-state index < -0.39 is 0 Å². The van der Waals surface area contributed by atoms with E-state index in [1.807, 2.05) is 6.20 Å². The van der Waals surface area contributed by atoms with Crippen molar-refractivity contribution in [1.29, 1.82) is 0 Å². The largest absolute Gasteiger partial charge is 0.201 e. The van der Waals surface area contributed by atoms with E-state index in [2.05, 4.69) is 41.6 Å². The van der Waals surface area contributed by atoms with Crippen LogP contribution in [-0.2, 0) is 6.42 Å². The summed E-state index contributed by atoms with van der Waals surface area (Å²) in [5.41, 5.74) is 2.69. The molecule has 1 aromatic heterocycles. The summed E-state index contributed by atoms with van der Waals surface area (Å²) in [6, 6.07) is 10.7. The Morgan fingerprint density at radius 3 is 2.92 bits per heavy atom. The molecule has 1 aromatic carbocycles. The molecule has 0 aliphatic carbocycles. The van der Waals surface area contributed by atoms with E-state index in [1.54, 1.807) is 11.5 Å². The van der Waals surface area contributed by atoms with Crippen LogP contribution in [0.15, 0.2) is 36.5 Å². The Labute approximate surface area is 82.2 Å². The molecule has 13 heavy (non-hydrogen) atoms. The molecule has 0 bridgehead atoms. The molecule has 0 saturated carbocycles. The highest BCUT2D eigenvalue weighted by atomic mass is 32.1. The van der Waals surface area contributed by atoms with Crippen LogP contribution in [0.3, 0.4) is 0 Å². The lowest BCUT2D eigenvalue weighted by molar-refractivity contribution is 1.22. The van der Waals surface area contributed by atoms with Crippen molar-refractivity contribution >= 4 is 11.5 Å². The molecule has 1 heterocycles. The van der Waals surface area contributed by atoms with Crippen LogP contribution in [0.4, 0.5) is 0 Å². The third-order valence-corrected chi connectivity index (χ3v) is 2.69. The zero-order valence-electron chi connectivity index (χ0n) is 7.53. The second-order valence-electron chi connectivity index (χ2n) is 3.14. The van der Waals surface area contributed by atoms with Crippen molar-refractivity contribution in [3.05, 3.63) is 52.5 Å². The first-order valence-corrected chi connectivity index (χ1v) is 5.07. The summed E-state index contributed by atoms with van der Waals surface area (Å²) in [5.74, 6) is 0. The molecule has 0 aliphatic rings. The highest BCUT2D eigenvalue weighted by Gasteiger charge is 1.97. The Morgan fingerprint density at radius 1 is 1.31 bits per heavy atom. The van der Waals surface area contributed by atoms with Crippen LogP contribution in [0.2, 0.25) is 0 Å². The van der Waals surface area contributed by atoms with Gasteiger partial charge < -0.3 is 0 Å². The Hall–Kier alpha value is -1.15. The van der Waals surface area contributed by atoms with Gasteiger partial charge in [-0.3, -0.25) is 0 Å². The van der Waals surface area contributed by atoms with Crippen LogP contribution in [0, 0.1) is 6.92 Å². The summed E-state index contributed by atoms with van der Waals surface area (Å²) in [6.07, 6.45) is 2.86. The third kappa shape index (κ3) is 2.16. The van der Waals surface area contributed by atoms with Gasteiger partial charge >= 0.3 is 0 Å². The lowest BCUT2D eigenvalue weighted by Gasteiger charge is -1.98. The molecule has 2 aromatic rings. The standard InChI is InChI=1S/C11H11NS/c1-9-3-2-4-10(7-9)8-11-5-6-12-13-11/h2-7H,8H2,1H3. The van der Waals surface area contributed by atoms with Crippen LogP contribution in [-0.4, -0.2) is 4.37 Å². The monoisotopic (exact) mass is 189 g/mol. The summed E-state index contributed by atoms with van der Waals surface area (Å²) in [4.78, 5) is 1.32. The van der Waals surface area contributed by atoms with Gasteiger partial charge in [-0.1, -0.05) is 29.8 Å². The van der Waals surface area contributed by atoms with Crippen molar-refractivity contribution in [2.45, 2.75) is 13.3 Å². The number of hydrogen-bond donors (Lipinski definition) is 0. The normalized spacial score (nSPS) is 10.2. The van der Waals surface area contributed by atoms with Crippen LogP contribution < -0.4 is 0 Å². The van der Waals surface area contributed by atoms with Gasteiger partial charge in [0.05, 0.1) is 0 Å². The Bertz CT molecular complexity index is 379. The molecular formula is C11H11NS. The molecule has 1 nitrogen and oxygen atoms in total. The van der Waals surface area contributed by atoms with E-state index in [9.17, 15) is 0 Å². The van der Waals surface area contributed by atoms with Gasteiger partial charge in [-0.15, -0.1) is 0 Å². The average molecular weight is 189 g/mol. The molecule has 0 N–H and O–H groups in total. The lowest BCUT2D eigenvalue weighted by atomic mass is 10.1. The molecule has 0 atom stereocenters. The minimum atomic E-state index is 1.01. The van der Waals surface area contributed by atoms with E-state index >= 15 is 0 Å². The minimum absolute atomic E-state index is 1.01. The maximum Gasteiger partial charge on any atom is 0.0409 e. The first-order valence-electron chi connectivity index (χ1n) is 4.30. The SMILES string of the molecule is Cc1cccc(Cc2ccns2)c1. The van der Waals surface area contributed by atoms with Crippen LogP contribution >= 0.6 is 11.5 Å².